The summed E-state index contributed by atoms with van der Waals surface area (Å²) in [6, 6.07) is 3.66. The van der Waals surface area contributed by atoms with E-state index in [1.165, 1.54) is 14.0 Å². The van der Waals surface area contributed by atoms with Gasteiger partial charge in [0.2, 0.25) is 6.79 Å². The number of fused-ring (bicyclic) bond motifs is 1. The number of benzene rings is 1. The quantitative estimate of drug-likeness (QED) is 0.0672. The van der Waals surface area contributed by atoms with E-state index in [9.17, 15) is 35.1 Å². The predicted octanol–water partition coefficient (Wildman–Crippen LogP) is 3.46. The summed E-state index contributed by atoms with van der Waals surface area (Å²) in [6.45, 7) is 18.5. The van der Waals surface area contributed by atoms with Crippen molar-refractivity contribution in [2.75, 3.05) is 59.6 Å². The molecule has 0 unspecified atom stereocenters. The maximum atomic E-state index is 14.5. The van der Waals surface area contributed by atoms with Crippen molar-refractivity contribution < 1.29 is 73.0 Å². The van der Waals surface area contributed by atoms with Crippen LogP contribution in [0.3, 0.4) is 0 Å². The van der Waals surface area contributed by atoms with Crippen LogP contribution in [-0.4, -0.2) is 186 Å². The molecule has 17 atom stereocenters. The number of nitrogens with one attached hydrogen (secondary N) is 2. The first-order valence-corrected chi connectivity index (χ1v) is 24.1. The Kier molecular flexibility index (Phi) is 21.4. The van der Waals surface area contributed by atoms with Crippen LogP contribution in [-0.2, 0) is 33.2 Å². The number of carbonyl (C=O) groups is 2. The number of nitrogens with zero attached hydrogens (tertiary/aromatic N) is 2. The summed E-state index contributed by atoms with van der Waals surface area (Å²) in [5, 5.41) is 64.9. The van der Waals surface area contributed by atoms with Gasteiger partial charge >= 0.3 is 12.0 Å². The van der Waals surface area contributed by atoms with Gasteiger partial charge in [-0.05, 0) is 106 Å². The van der Waals surface area contributed by atoms with E-state index in [1.54, 1.807) is 66.7 Å². The number of aliphatic hydroxyl groups excluding tert-OH is 3. The first-order chi connectivity index (χ1) is 31.4. The summed E-state index contributed by atoms with van der Waals surface area (Å²) in [6.07, 6.45) is -8.44. The molecule has 3 aliphatic rings. The van der Waals surface area contributed by atoms with Crippen molar-refractivity contribution in [2.45, 2.75) is 186 Å². The van der Waals surface area contributed by atoms with Gasteiger partial charge in [0.15, 0.2) is 24.1 Å². The third-order valence-electron chi connectivity index (χ3n) is 13.7. The van der Waals surface area contributed by atoms with Crippen molar-refractivity contribution in [3.8, 4) is 11.5 Å². The van der Waals surface area contributed by atoms with E-state index in [0.717, 1.165) is 0 Å². The Hall–Kier alpha value is -2.92. The van der Waals surface area contributed by atoms with Crippen LogP contribution in [0.25, 0.3) is 0 Å². The third kappa shape index (κ3) is 15.3. The van der Waals surface area contributed by atoms with Crippen LogP contribution < -0.4 is 20.1 Å². The molecule has 67 heavy (non-hydrogen) atoms. The maximum Gasteiger partial charge on any atom is 0.319 e. The number of ether oxygens (including phenoxy) is 8. The van der Waals surface area contributed by atoms with Crippen molar-refractivity contribution in [1.82, 2.24) is 15.1 Å². The second-order valence-corrected chi connectivity index (χ2v) is 19.9. The molecule has 0 spiro atoms. The largest absolute Gasteiger partial charge is 0.459 e. The SMILES string of the molecule is CC[C@H]1OC(=O)[C@H](C)[C@@H](O[C@@H](CCOC)O[C@@H](C)[C@@H](C)O)[C@H](C)[C@@H](O[C@@H]2O[C@H](C)C[C@H](N(C)C)[C@H]2O)[C@](C)(O)C[C@@H](C)CN(CCCNC(=O)Nc2ccc3c(c2)OCO3)[C@H](C)[C@@H](O)[C@]1(C)O. The van der Waals surface area contributed by atoms with E-state index in [0.29, 0.717) is 43.1 Å². The van der Waals surface area contributed by atoms with E-state index in [2.05, 4.69) is 10.6 Å². The van der Waals surface area contributed by atoms with Gasteiger partial charge in [-0.1, -0.05) is 20.8 Å². The maximum absolute atomic E-state index is 14.5. The fourth-order valence-electron chi connectivity index (χ4n) is 9.67. The Labute approximate surface area is 398 Å². The highest BCUT2D eigenvalue weighted by Gasteiger charge is 2.51. The number of carbonyl (C=O) groups excluding carboxylic acids is 2. The zero-order valence-corrected chi connectivity index (χ0v) is 42.2. The van der Waals surface area contributed by atoms with Crippen molar-refractivity contribution in [3.63, 3.8) is 0 Å². The number of amides is 2. The molecule has 0 radical (unpaired) electrons. The Morgan fingerprint density at radius 2 is 1.75 bits per heavy atom. The minimum atomic E-state index is -1.93. The van der Waals surface area contributed by atoms with E-state index in [4.69, 9.17) is 37.9 Å². The molecule has 0 saturated carbocycles. The minimum absolute atomic E-state index is 0.112. The van der Waals surface area contributed by atoms with Gasteiger partial charge in [-0.3, -0.25) is 9.69 Å². The van der Waals surface area contributed by atoms with Crippen LogP contribution in [0, 0.1) is 17.8 Å². The molecule has 1 aromatic carbocycles. The van der Waals surface area contributed by atoms with Crippen molar-refractivity contribution in [1.29, 1.82) is 0 Å². The molecule has 19 heteroatoms. The van der Waals surface area contributed by atoms with Gasteiger partial charge in [0.25, 0.3) is 0 Å². The zero-order valence-electron chi connectivity index (χ0n) is 42.2. The van der Waals surface area contributed by atoms with E-state index in [1.807, 2.05) is 37.7 Å². The first-order valence-electron chi connectivity index (χ1n) is 24.1. The first kappa shape index (κ1) is 56.7. The normalized spacial score (nSPS) is 36.1. The fraction of sp³-hybridized carbons (Fsp3) is 0.833. The molecule has 0 aliphatic carbocycles. The molecule has 2 saturated heterocycles. The van der Waals surface area contributed by atoms with Gasteiger partial charge in [0, 0.05) is 62.9 Å². The fourth-order valence-corrected chi connectivity index (χ4v) is 9.67. The highest BCUT2D eigenvalue weighted by Crippen LogP contribution is 2.39. The van der Waals surface area contributed by atoms with E-state index < -0.39 is 96.4 Å². The summed E-state index contributed by atoms with van der Waals surface area (Å²) in [5.41, 5.74) is -3.07. The second-order valence-electron chi connectivity index (χ2n) is 19.9. The van der Waals surface area contributed by atoms with Crippen molar-refractivity contribution in [3.05, 3.63) is 18.2 Å². The lowest BCUT2D eigenvalue weighted by atomic mass is 9.77. The third-order valence-corrected chi connectivity index (χ3v) is 13.7. The summed E-state index contributed by atoms with van der Waals surface area (Å²) >= 11 is 0. The Bertz CT molecular complexity index is 1690. The molecule has 4 rings (SSSR count). The Morgan fingerprint density at radius 1 is 1.06 bits per heavy atom. The number of methoxy groups -OCH3 is 1. The number of hydrogen-bond acceptors (Lipinski definition) is 17. The lowest BCUT2D eigenvalue weighted by Gasteiger charge is -2.47. The number of esters is 1. The van der Waals surface area contributed by atoms with E-state index in [-0.39, 0.29) is 57.3 Å². The van der Waals surface area contributed by atoms with Crippen molar-refractivity contribution in [2.24, 2.45) is 17.8 Å². The molecular weight excluding hydrogens is 873 g/mol. The average Bonchev–Trinajstić information content (AvgIpc) is 3.73. The van der Waals surface area contributed by atoms with Gasteiger partial charge in [-0.15, -0.1) is 0 Å². The molecule has 3 aliphatic heterocycles. The average molecular weight is 957 g/mol. The number of rotatable bonds is 17. The molecular formula is C48H84N4O15. The van der Waals surface area contributed by atoms with Gasteiger partial charge in [-0.25, -0.2) is 4.79 Å². The molecule has 7 N–H and O–H groups in total. The summed E-state index contributed by atoms with van der Waals surface area (Å²) in [7, 11) is 5.28. The second kappa shape index (κ2) is 25.3. The van der Waals surface area contributed by atoms with Crippen LogP contribution in [0.15, 0.2) is 18.2 Å². The number of urea groups is 1. The van der Waals surface area contributed by atoms with Gasteiger partial charge in [-0.2, -0.15) is 0 Å². The molecule has 2 amide bonds. The lowest BCUT2D eigenvalue weighted by molar-refractivity contribution is -0.306. The Balaban J connectivity index is 1.71. The number of cyclic esters (lactones) is 1. The van der Waals surface area contributed by atoms with Crippen LogP contribution in [0.4, 0.5) is 10.5 Å². The van der Waals surface area contributed by atoms with Crippen LogP contribution in [0.1, 0.15) is 101 Å². The molecule has 386 valence electrons. The Morgan fingerprint density at radius 3 is 2.39 bits per heavy atom. The topological polar surface area (TPSA) is 240 Å². The summed E-state index contributed by atoms with van der Waals surface area (Å²) in [5.74, 6) is -1.79. The summed E-state index contributed by atoms with van der Waals surface area (Å²) < 4.78 is 48.4. The molecule has 2 fully saturated rings. The smallest absolute Gasteiger partial charge is 0.319 e. The molecule has 19 nitrogen and oxygen atoms in total. The number of likely N-dealkylation sites (N-methyl/N-ethyl adjacent to an activating group) is 1. The molecule has 0 aromatic heterocycles. The number of hydrogen-bond donors (Lipinski definition) is 7. The minimum Gasteiger partial charge on any atom is -0.459 e. The molecule has 0 bridgehead atoms. The van der Waals surface area contributed by atoms with E-state index >= 15 is 0 Å². The zero-order chi connectivity index (χ0) is 50.0. The van der Waals surface area contributed by atoms with Gasteiger partial charge < -0.3 is 79.0 Å². The standard InChI is InChI=1S/C48H84N4O15/c1-14-38-48(10,59)42(55)31(6)52(20-15-19-49-46(57)50-34-16-17-36-37(23-34)62-26-61-36)25-27(2)24-47(9,58)43(67-45-40(54)35(51(11)12)22-28(3)63-45)29(4)41(30(5)44(56)65-38)66-39(18-21-60-13)64-33(8)32(7)53/h16-17,23,27-33,35,38-43,45,53-55,58-59H,14-15,18-22,24-26H2,1-13H3,(H2,49,50,57)/t27-,28-,29+,30-,31-,32-,33+,35+,38-,39+,40-,41+,42-,43-,45+,47-,48-/m1/s1. The van der Waals surface area contributed by atoms with Crippen LogP contribution >= 0.6 is 0 Å². The predicted molar refractivity (Wildman–Crippen MR) is 249 cm³/mol. The molecule has 1 aromatic rings. The van der Waals surface area contributed by atoms with Crippen LogP contribution in [0.5, 0.6) is 11.5 Å². The highest BCUT2D eigenvalue weighted by molar-refractivity contribution is 5.89. The number of anilines is 1. The van der Waals surface area contributed by atoms with Gasteiger partial charge in [0.05, 0.1) is 48.6 Å². The van der Waals surface area contributed by atoms with Crippen LogP contribution in [0.2, 0.25) is 0 Å². The highest BCUT2D eigenvalue weighted by atomic mass is 16.7. The monoisotopic (exact) mass is 957 g/mol. The molecule has 3 heterocycles. The number of aliphatic hydroxyl groups is 5. The summed E-state index contributed by atoms with van der Waals surface area (Å²) in [4.78, 5) is 31.4. The lowest BCUT2D eigenvalue weighted by Crippen LogP contribution is -2.59. The van der Waals surface area contributed by atoms with Crippen molar-refractivity contribution >= 4 is 17.7 Å². The van der Waals surface area contributed by atoms with Gasteiger partial charge in [0.1, 0.15) is 23.9 Å².